The topological polar surface area (TPSA) is 81.0 Å². The summed E-state index contributed by atoms with van der Waals surface area (Å²) < 4.78 is 14.2. The Hall–Kier alpha value is -3.42. The van der Waals surface area contributed by atoms with Crippen LogP contribution in [-0.4, -0.2) is 38.1 Å². The average Bonchev–Trinajstić information content (AvgIpc) is 3.28. The molecule has 0 spiro atoms. The van der Waals surface area contributed by atoms with E-state index in [0.29, 0.717) is 35.5 Å². The zero-order chi connectivity index (χ0) is 23.0. The maximum Gasteiger partial charge on any atom is 0.261 e. The molecule has 7 nitrogen and oxygen atoms in total. The Labute approximate surface area is 186 Å². The van der Waals surface area contributed by atoms with E-state index in [1.807, 2.05) is 39.8 Å². The Kier molecular flexibility index (Phi) is 5.62. The van der Waals surface area contributed by atoms with Gasteiger partial charge in [0.25, 0.3) is 5.91 Å². The van der Waals surface area contributed by atoms with Gasteiger partial charge in [0.15, 0.2) is 0 Å². The standard InChI is InChI=1S/C24H26FN5O2/c1-5-19(31)10-16-9-17(12-26-11-16)20-8-15(2)21-22(28-20)24(3,4)30(23(21)32)18-13-27-29(14-18)7-6-25/h8-9,11-14H,5-7,10H2,1-4H3. The van der Waals surface area contributed by atoms with Crippen molar-refractivity contribution in [3.63, 3.8) is 0 Å². The fourth-order valence-electron chi connectivity index (χ4n) is 4.20. The van der Waals surface area contributed by atoms with E-state index < -0.39 is 12.2 Å². The molecule has 1 aliphatic heterocycles. The Balaban J connectivity index is 1.75. The number of nitrogens with zero attached hydrogens (tertiary/aromatic N) is 5. The van der Waals surface area contributed by atoms with E-state index in [2.05, 4.69) is 10.1 Å². The number of Topliss-reactive ketones (excluding diaryl/α,β-unsaturated/α-hetero) is 1. The number of amides is 1. The van der Waals surface area contributed by atoms with Gasteiger partial charge in [0, 0.05) is 37.0 Å². The highest BCUT2D eigenvalue weighted by atomic mass is 19.1. The lowest BCUT2D eigenvalue weighted by atomic mass is 9.95. The highest BCUT2D eigenvalue weighted by molar-refractivity contribution is 6.12. The van der Waals surface area contributed by atoms with Crippen LogP contribution in [0.4, 0.5) is 10.1 Å². The van der Waals surface area contributed by atoms with Gasteiger partial charge in [-0.15, -0.1) is 0 Å². The highest BCUT2D eigenvalue weighted by Crippen LogP contribution is 2.42. The van der Waals surface area contributed by atoms with Crippen molar-refractivity contribution in [3.05, 3.63) is 59.3 Å². The molecule has 3 aromatic rings. The number of halogens is 1. The molecule has 8 heteroatoms. The zero-order valence-corrected chi connectivity index (χ0v) is 18.7. The van der Waals surface area contributed by atoms with Crippen molar-refractivity contribution in [2.24, 2.45) is 0 Å². The van der Waals surface area contributed by atoms with Crippen LogP contribution in [0.5, 0.6) is 0 Å². The van der Waals surface area contributed by atoms with E-state index in [-0.39, 0.29) is 18.2 Å². The molecule has 3 aromatic heterocycles. The molecule has 166 valence electrons. The van der Waals surface area contributed by atoms with E-state index in [0.717, 1.165) is 16.7 Å². The minimum atomic E-state index is -0.722. The number of aryl methyl sites for hydroxylation is 2. The number of hydrogen-bond acceptors (Lipinski definition) is 5. The van der Waals surface area contributed by atoms with Gasteiger partial charge in [0.1, 0.15) is 12.5 Å². The van der Waals surface area contributed by atoms with Gasteiger partial charge in [-0.2, -0.15) is 5.10 Å². The van der Waals surface area contributed by atoms with Gasteiger partial charge >= 0.3 is 0 Å². The second-order valence-corrected chi connectivity index (χ2v) is 8.55. The largest absolute Gasteiger partial charge is 0.299 e. The van der Waals surface area contributed by atoms with Crippen LogP contribution in [0.2, 0.25) is 0 Å². The molecule has 0 saturated carbocycles. The van der Waals surface area contributed by atoms with Gasteiger partial charge in [0.2, 0.25) is 0 Å². The Morgan fingerprint density at radius 2 is 1.97 bits per heavy atom. The molecule has 1 aliphatic rings. The fraction of sp³-hybridized carbons (Fsp3) is 0.375. The third-order valence-corrected chi connectivity index (χ3v) is 5.85. The van der Waals surface area contributed by atoms with E-state index in [1.165, 1.54) is 4.68 Å². The van der Waals surface area contributed by atoms with E-state index in [9.17, 15) is 14.0 Å². The van der Waals surface area contributed by atoms with Gasteiger partial charge in [-0.25, -0.2) is 9.37 Å². The quantitative estimate of drug-likeness (QED) is 0.560. The average molecular weight is 436 g/mol. The number of alkyl halides is 1. The molecular formula is C24H26FN5O2. The van der Waals surface area contributed by atoms with Crippen LogP contribution < -0.4 is 4.90 Å². The second kappa shape index (κ2) is 8.26. The smallest absolute Gasteiger partial charge is 0.261 e. The number of pyridine rings is 2. The number of carbonyl (C=O) groups is 2. The molecule has 0 N–H and O–H groups in total. The van der Waals surface area contributed by atoms with E-state index in [4.69, 9.17) is 4.98 Å². The van der Waals surface area contributed by atoms with Gasteiger partial charge in [-0.1, -0.05) is 6.92 Å². The predicted octanol–water partition coefficient (Wildman–Crippen LogP) is 4.04. The summed E-state index contributed by atoms with van der Waals surface area (Å²) in [5.74, 6) is -0.000474. The summed E-state index contributed by atoms with van der Waals surface area (Å²) in [5.41, 5.74) is 4.29. The summed E-state index contributed by atoms with van der Waals surface area (Å²) in [6, 6.07) is 3.81. The van der Waals surface area contributed by atoms with E-state index >= 15 is 0 Å². The Morgan fingerprint density at radius 1 is 1.19 bits per heavy atom. The summed E-state index contributed by atoms with van der Waals surface area (Å²) in [6.45, 7) is 7.23. The number of fused-ring (bicyclic) bond motifs is 1. The van der Waals surface area contributed by atoms with Gasteiger partial charge in [-0.3, -0.25) is 24.2 Å². The normalized spacial score (nSPS) is 14.7. The van der Waals surface area contributed by atoms with Crippen LogP contribution in [0, 0.1) is 6.92 Å². The Morgan fingerprint density at radius 3 is 2.69 bits per heavy atom. The molecule has 1 amide bonds. The maximum atomic E-state index is 13.4. The van der Waals surface area contributed by atoms with Crippen LogP contribution in [0.15, 0.2) is 36.9 Å². The summed E-state index contributed by atoms with van der Waals surface area (Å²) >= 11 is 0. The van der Waals surface area contributed by atoms with Crippen LogP contribution >= 0.6 is 0 Å². The number of hydrogen-bond donors (Lipinski definition) is 0. The molecule has 0 fully saturated rings. The first kappa shape index (κ1) is 21.8. The first-order chi connectivity index (χ1) is 15.3. The van der Waals surface area contributed by atoms with Crippen LogP contribution in [0.25, 0.3) is 11.3 Å². The number of carbonyl (C=O) groups excluding carboxylic acids is 2. The third kappa shape index (κ3) is 3.70. The molecule has 0 bridgehead atoms. The van der Waals surface area contributed by atoms with Crippen molar-refractivity contribution in [2.75, 3.05) is 11.6 Å². The molecule has 0 aromatic carbocycles. The fourth-order valence-corrected chi connectivity index (χ4v) is 4.20. The number of rotatable bonds is 7. The lowest BCUT2D eigenvalue weighted by Crippen LogP contribution is -2.39. The third-order valence-electron chi connectivity index (χ3n) is 5.85. The van der Waals surface area contributed by atoms with Crippen LogP contribution in [-0.2, 0) is 23.3 Å². The molecule has 32 heavy (non-hydrogen) atoms. The van der Waals surface area contributed by atoms with Crippen molar-refractivity contribution in [2.45, 2.75) is 52.6 Å². The van der Waals surface area contributed by atoms with Gasteiger partial charge < -0.3 is 0 Å². The molecule has 0 atom stereocenters. The monoisotopic (exact) mass is 435 g/mol. The molecule has 0 radical (unpaired) electrons. The summed E-state index contributed by atoms with van der Waals surface area (Å²) in [7, 11) is 0. The lowest BCUT2D eigenvalue weighted by molar-refractivity contribution is -0.118. The molecule has 0 aliphatic carbocycles. The number of ketones is 1. The minimum absolute atomic E-state index is 0.140. The molecule has 4 rings (SSSR count). The zero-order valence-electron chi connectivity index (χ0n) is 18.7. The summed E-state index contributed by atoms with van der Waals surface area (Å²) in [5, 5.41) is 4.17. The van der Waals surface area contributed by atoms with E-state index in [1.54, 1.807) is 29.7 Å². The van der Waals surface area contributed by atoms with Crippen molar-refractivity contribution in [3.8, 4) is 11.3 Å². The Bertz CT molecular complexity index is 1200. The van der Waals surface area contributed by atoms with Crippen LogP contribution in [0.3, 0.4) is 0 Å². The predicted molar refractivity (Wildman–Crippen MR) is 119 cm³/mol. The SMILES string of the molecule is CCC(=O)Cc1cncc(-c2cc(C)c3c(n2)C(C)(C)N(c2cnn(CCF)c2)C3=O)c1. The molecule has 4 heterocycles. The molecular weight excluding hydrogens is 409 g/mol. The molecule has 0 saturated heterocycles. The number of anilines is 1. The van der Waals surface area contributed by atoms with Crippen molar-refractivity contribution in [1.82, 2.24) is 19.7 Å². The highest BCUT2D eigenvalue weighted by Gasteiger charge is 2.46. The minimum Gasteiger partial charge on any atom is -0.299 e. The first-order valence-electron chi connectivity index (χ1n) is 10.7. The van der Waals surface area contributed by atoms with Crippen molar-refractivity contribution < 1.29 is 14.0 Å². The molecule has 0 unspecified atom stereocenters. The summed E-state index contributed by atoms with van der Waals surface area (Å²) in [4.78, 5) is 36.1. The number of aromatic nitrogens is 4. The lowest BCUT2D eigenvalue weighted by Gasteiger charge is -2.30. The summed E-state index contributed by atoms with van der Waals surface area (Å²) in [6.07, 6.45) is 7.49. The first-order valence-corrected chi connectivity index (χ1v) is 10.7. The van der Waals surface area contributed by atoms with Crippen molar-refractivity contribution >= 4 is 17.4 Å². The second-order valence-electron chi connectivity index (χ2n) is 8.55. The van der Waals surface area contributed by atoms with Gasteiger partial charge in [-0.05, 0) is 44.0 Å². The van der Waals surface area contributed by atoms with Gasteiger partial charge in [0.05, 0.1) is 40.9 Å². The maximum absolute atomic E-state index is 13.4. The van der Waals surface area contributed by atoms with Crippen LogP contribution in [0.1, 0.15) is 54.4 Å². The van der Waals surface area contributed by atoms with Crippen molar-refractivity contribution in [1.29, 1.82) is 0 Å².